The van der Waals surface area contributed by atoms with Gasteiger partial charge in [0.1, 0.15) is 17.5 Å². The third-order valence-corrected chi connectivity index (χ3v) is 5.82. The van der Waals surface area contributed by atoms with Gasteiger partial charge in [0.05, 0.1) is 0 Å². The highest BCUT2D eigenvalue weighted by atomic mass is 32.2. The number of benzene rings is 1. The van der Waals surface area contributed by atoms with E-state index in [4.69, 9.17) is 24.2 Å². The van der Waals surface area contributed by atoms with Crippen molar-refractivity contribution < 1.29 is 33.3 Å². The zero-order valence-corrected chi connectivity index (χ0v) is 19.0. The molecule has 0 aliphatic carbocycles. The molecule has 1 saturated heterocycles. The Kier molecular flexibility index (Phi) is 7.90. The maximum atomic E-state index is 11.8. The summed E-state index contributed by atoms with van der Waals surface area (Å²) < 4.78 is 22.2. The lowest BCUT2D eigenvalue weighted by molar-refractivity contribution is -0.186. The number of hydrogen-bond donors (Lipinski definition) is 0. The molecule has 0 amide bonds. The average Bonchev–Trinajstić information content (AvgIpc) is 2.77. The van der Waals surface area contributed by atoms with Crippen LogP contribution in [0.1, 0.15) is 26.5 Å². The summed E-state index contributed by atoms with van der Waals surface area (Å²) >= 11 is 1.28. The van der Waals surface area contributed by atoms with E-state index in [1.54, 1.807) is 36.5 Å². The SMILES string of the molecule is CC(=O)O[C@@H]1[C@@H](OC(C)=O)[C@@H](Oc2cccc(-c3ccc(C#N)nc3)c2)SC[C@H]1OC(C)=O. The first-order valence-electron chi connectivity index (χ1n) is 10.0. The van der Waals surface area contributed by atoms with Crippen molar-refractivity contribution in [1.82, 2.24) is 4.98 Å². The first-order valence-corrected chi connectivity index (χ1v) is 11.1. The molecule has 3 rings (SSSR count). The molecule has 0 saturated carbocycles. The molecule has 2 heterocycles. The number of hydrogen-bond acceptors (Lipinski definition) is 10. The molecule has 1 aromatic heterocycles. The van der Waals surface area contributed by atoms with E-state index in [9.17, 15) is 14.4 Å². The first-order chi connectivity index (χ1) is 15.8. The molecular weight excluding hydrogens is 448 g/mol. The zero-order valence-electron chi connectivity index (χ0n) is 18.2. The number of nitrogens with zero attached hydrogens (tertiary/aromatic N) is 2. The Morgan fingerprint density at radius 2 is 1.67 bits per heavy atom. The summed E-state index contributed by atoms with van der Waals surface area (Å²) in [5.74, 6) is -0.969. The molecule has 0 spiro atoms. The maximum absolute atomic E-state index is 11.8. The Balaban J connectivity index is 1.86. The highest BCUT2D eigenvalue weighted by Gasteiger charge is 2.47. The summed E-state index contributed by atoms with van der Waals surface area (Å²) in [5, 5.41) is 8.93. The van der Waals surface area contributed by atoms with Gasteiger partial charge in [-0.15, -0.1) is 11.8 Å². The standard InChI is InChI=1S/C23H22N2O7S/c1-13(26)29-20-12-33-23(22(31-15(3)28)21(20)30-14(2)27)32-19-6-4-5-16(9-19)17-7-8-18(10-24)25-11-17/h4-9,11,20-23H,12H2,1-3H3/t20-,21+,22-,23+/m1/s1. The number of carbonyl (C=O) groups excluding carboxylic acids is 3. The van der Waals surface area contributed by atoms with Crippen LogP contribution in [-0.2, 0) is 28.6 Å². The van der Waals surface area contributed by atoms with Gasteiger partial charge in [-0.3, -0.25) is 14.4 Å². The Bertz CT molecular complexity index is 1070. The number of thioether (sulfide) groups is 1. The van der Waals surface area contributed by atoms with Gasteiger partial charge in [0.2, 0.25) is 0 Å². The second kappa shape index (κ2) is 10.8. The van der Waals surface area contributed by atoms with E-state index in [1.807, 2.05) is 12.1 Å². The third-order valence-electron chi connectivity index (χ3n) is 4.60. The van der Waals surface area contributed by atoms with Crippen LogP contribution in [0.25, 0.3) is 11.1 Å². The number of aromatic nitrogens is 1. The monoisotopic (exact) mass is 470 g/mol. The van der Waals surface area contributed by atoms with Crippen LogP contribution in [0, 0.1) is 11.3 Å². The largest absolute Gasteiger partial charge is 0.476 e. The molecule has 4 atom stereocenters. The predicted molar refractivity (Wildman–Crippen MR) is 118 cm³/mol. The van der Waals surface area contributed by atoms with Gasteiger partial charge >= 0.3 is 17.9 Å². The summed E-state index contributed by atoms with van der Waals surface area (Å²) in [4.78, 5) is 39.1. The van der Waals surface area contributed by atoms with Crippen LogP contribution in [0.5, 0.6) is 5.75 Å². The van der Waals surface area contributed by atoms with Crippen LogP contribution in [0.3, 0.4) is 0 Å². The topological polar surface area (TPSA) is 125 Å². The normalized spacial score (nSPS) is 21.9. The minimum Gasteiger partial charge on any atom is -0.476 e. The van der Waals surface area contributed by atoms with Gasteiger partial charge in [-0.25, -0.2) is 4.98 Å². The lowest BCUT2D eigenvalue weighted by Gasteiger charge is -2.39. The second-order valence-corrected chi connectivity index (χ2v) is 8.32. The van der Waals surface area contributed by atoms with E-state index in [0.29, 0.717) is 11.4 Å². The first kappa shape index (κ1) is 24.1. The van der Waals surface area contributed by atoms with Gasteiger partial charge < -0.3 is 18.9 Å². The Labute approximate surface area is 195 Å². The summed E-state index contributed by atoms with van der Waals surface area (Å²) in [7, 11) is 0. The molecule has 0 N–H and O–H groups in total. The van der Waals surface area contributed by atoms with Crippen molar-refractivity contribution >= 4 is 29.7 Å². The number of nitriles is 1. The fourth-order valence-electron chi connectivity index (χ4n) is 3.32. The Morgan fingerprint density at radius 3 is 2.27 bits per heavy atom. The van der Waals surface area contributed by atoms with Crippen LogP contribution in [0.2, 0.25) is 0 Å². The summed E-state index contributed by atoms with van der Waals surface area (Å²) in [6.07, 6.45) is -1.23. The number of pyridine rings is 1. The molecular formula is C23H22N2O7S. The molecule has 10 heteroatoms. The lowest BCUT2D eigenvalue weighted by atomic mass is 10.1. The molecule has 0 bridgehead atoms. The Hall–Kier alpha value is -3.58. The molecule has 1 fully saturated rings. The summed E-state index contributed by atoms with van der Waals surface area (Å²) in [6.45, 7) is 3.71. The summed E-state index contributed by atoms with van der Waals surface area (Å²) in [5.41, 5.74) is 1.19. The number of carbonyl (C=O) groups is 3. The van der Waals surface area contributed by atoms with Gasteiger partial charge in [-0.1, -0.05) is 12.1 Å². The highest BCUT2D eigenvalue weighted by Crippen LogP contribution is 2.35. The van der Waals surface area contributed by atoms with Gasteiger partial charge in [0.25, 0.3) is 0 Å². The van der Waals surface area contributed by atoms with Gasteiger partial charge in [-0.05, 0) is 29.8 Å². The fourth-order valence-corrected chi connectivity index (χ4v) is 4.54. The van der Waals surface area contributed by atoms with Crippen LogP contribution in [-0.4, -0.2) is 52.4 Å². The predicted octanol–water partition coefficient (Wildman–Crippen LogP) is 2.87. The van der Waals surface area contributed by atoms with Crippen molar-refractivity contribution in [2.45, 2.75) is 44.5 Å². The average molecular weight is 471 g/mol. The molecule has 9 nitrogen and oxygen atoms in total. The van der Waals surface area contributed by atoms with Crippen molar-refractivity contribution in [3.63, 3.8) is 0 Å². The van der Waals surface area contributed by atoms with Crippen LogP contribution in [0.15, 0.2) is 42.6 Å². The van der Waals surface area contributed by atoms with Crippen molar-refractivity contribution in [2.24, 2.45) is 0 Å². The number of rotatable bonds is 6. The molecule has 1 aromatic carbocycles. The summed E-state index contributed by atoms with van der Waals surface area (Å²) in [6, 6.07) is 12.6. The molecule has 0 radical (unpaired) electrons. The minimum atomic E-state index is -1.02. The molecule has 1 aliphatic rings. The molecule has 172 valence electrons. The second-order valence-electron chi connectivity index (χ2n) is 7.19. The van der Waals surface area contributed by atoms with E-state index < -0.39 is 41.7 Å². The highest BCUT2D eigenvalue weighted by molar-refractivity contribution is 7.99. The molecule has 0 unspecified atom stereocenters. The van der Waals surface area contributed by atoms with E-state index in [2.05, 4.69) is 4.98 Å². The zero-order chi connectivity index (χ0) is 24.0. The smallest absolute Gasteiger partial charge is 0.303 e. The van der Waals surface area contributed by atoms with Crippen molar-refractivity contribution in [1.29, 1.82) is 5.26 Å². The van der Waals surface area contributed by atoms with E-state index in [1.165, 1.54) is 32.5 Å². The van der Waals surface area contributed by atoms with Crippen LogP contribution >= 0.6 is 11.8 Å². The van der Waals surface area contributed by atoms with Gasteiger partial charge in [0.15, 0.2) is 23.7 Å². The van der Waals surface area contributed by atoms with E-state index >= 15 is 0 Å². The molecule has 33 heavy (non-hydrogen) atoms. The van der Waals surface area contributed by atoms with Crippen molar-refractivity contribution in [2.75, 3.05) is 5.75 Å². The number of ether oxygens (including phenoxy) is 4. The van der Waals surface area contributed by atoms with Gasteiger partial charge in [-0.2, -0.15) is 5.26 Å². The van der Waals surface area contributed by atoms with Crippen LogP contribution < -0.4 is 4.74 Å². The lowest BCUT2D eigenvalue weighted by Crippen LogP contribution is -2.55. The van der Waals surface area contributed by atoms with Crippen molar-refractivity contribution in [3.8, 4) is 22.9 Å². The fraction of sp³-hybridized carbons (Fsp3) is 0.348. The third kappa shape index (κ3) is 6.46. The van der Waals surface area contributed by atoms with E-state index in [-0.39, 0.29) is 5.75 Å². The molecule has 2 aromatic rings. The number of esters is 3. The van der Waals surface area contributed by atoms with Crippen molar-refractivity contribution in [3.05, 3.63) is 48.3 Å². The minimum absolute atomic E-state index is 0.277. The Morgan fingerprint density at radius 1 is 0.970 bits per heavy atom. The maximum Gasteiger partial charge on any atom is 0.303 e. The quantitative estimate of drug-likeness (QED) is 0.459. The van der Waals surface area contributed by atoms with E-state index in [0.717, 1.165) is 11.1 Å². The molecule has 1 aliphatic heterocycles. The van der Waals surface area contributed by atoms with Gasteiger partial charge in [0, 0.05) is 38.3 Å². The van der Waals surface area contributed by atoms with Crippen LogP contribution in [0.4, 0.5) is 0 Å².